The molecule has 2 heterocycles. The molecule has 1 aromatic heterocycles. The first-order valence-corrected chi connectivity index (χ1v) is 7.49. The molecule has 0 unspecified atom stereocenters. The molecule has 0 radical (unpaired) electrons. The average molecular weight is 278 g/mol. The van der Waals surface area contributed by atoms with Gasteiger partial charge in [0.1, 0.15) is 0 Å². The van der Waals surface area contributed by atoms with Crippen molar-refractivity contribution in [3.8, 4) is 0 Å². The maximum atomic E-state index is 11.4. The lowest BCUT2D eigenvalue weighted by atomic mass is 10.1. The first-order valence-electron chi connectivity index (χ1n) is 7.49. The second kappa shape index (κ2) is 5.73. The first kappa shape index (κ1) is 13.3. The summed E-state index contributed by atoms with van der Waals surface area (Å²) in [5, 5.41) is 10.5. The van der Waals surface area contributed by atoms with Gasteiger partial charge in [-0.25, -0.2) is 4.79 Å². The third-order valence-corrected chi connectivity index (χ3v) is 4.02. The third kappa shape index (κ3) is 3.05. The van der Waals surface area contributed by atoms with E-state index >= 15 is 0 Å². The van der Waals surface area contributed by atoms with E-state index in [1.807, 2.05) is 6.92 Å². The fraction of sp³-hybridized carbons (Fsp3) is 0.714. The van der Waals surface area contributed by atoms with Gasteiger partial charge < -0.3 is 15.0 Å². The van der Waals surface area contributed by atoms with E-state index in [0.717, 1.165) is 31.7 Å². The summed E-state index contributed by atoms with van der Waals surface area (Å²) in [6.45, 7) is 4.08. The molecule has 1 aliphatic heterocycles. The van der Waals surface area contributed by atoms with Gasteiger partial charge in [0.05, 0.1) is 6.61 Å². The molecule has 1 amide bonds. The Balaban J connectivity index is 1.48. The smallest absolute Gasteiger partial charge is 0.407 e. The summed E-state index contributed by atoms with van der Waals surface area (Å²) in [6.07, 6.45) is 4.14. The fourth-order valence-corrected chi connectivity index (χ4v) is 2.68. The highest BCUT2D eigenvalue weighted by molar-refractivity contribution is 5.67. The van der Waals surface area contributed by atoms with Gasteiger partial charge in [-0.05, 0) is 32.6 Å². The second-order valence-corrected chi connectivity index (χ2v) is 5.58. The van der Waals surface area contributed by atoms with E-state index in [-0.39, 0.29) is 12.1 Å². The van der Waals surface area contributed by atoms with Gasteiger partial charge in [0.15, 0.2) is 5.82 Å². The van der Waals surface area contributed by atoms with Crippen LogP contribution in [0.5, 0.6) is 0 Å². The predicted molar refractivity (Wildman–Crippen MR) is 76.0 cm³/mol. The zero-order valence-electron chi connectivity index (χ0n) is 11.9. The minimum absolute atomic E-state index is 0.215. The molecule has 2 aliphatic rings. The van der Waals surface area contributed by atoms with Gasteiger partial charge in [0.25, 0.3) is 0 Å². The maximum Gasteiger partial charge on any atom is 0.407 e. The van der Waals surface area contributed by atoms with Crippen molar-refractivity contribution in [3.05, 3.63) is 11.8 Å². The van der Waals surface area contributed by atoms with Crippen molar-refractivity contribution >= 4 is 11.9 Å². The van der Waals surface area contributed by atoms with Crippen molar-refractivity contribution in [2.45, 2.75) is 44.6 Å². The highest BCUT2D eigenvalue weighted by Gasteiger charge is 2.27. The van der Waals surface area contributed by atoms with Gasteiger partial charge in [0.2, 0.25) is 0 Å². The number of alkyl carbamates (subject to hydrolysis) is 1. The molecule has 20 heavy (non-hydrogen) atoms. The number of nitrogens with zero attached hydrogens (tertiary/aromatic N) is 2. The predicted octanol–water partition coefficient (Wildman–Crippen LogP) is 2.00. The molecular formula is C14H22N4O2. The summed E-state index contributed by atoms with van der Waals surface area (Å²) in [5.74, 6) is 1.75. The quantitative estimate of drug-likeness (QED) is 0.883. The molecule has 6 heteroatoms. The number of nitrogens with one attached hydrogen (secondary N) is 2. The van der Waals surface area contributed by atoms with Crippen molar-refractivity contribution in [1.82, 2.24) is 15.5 Å². The third-order valence-electron chi connectivity index (χ3n) is 4.02. The highest BCUT2D eigenvalue weighted by atomic mass is 16.5. The summed E-state index contributed by atoms with van der Waals surface area (Å²) in [4.78, 5) is 13.7. The summed E-state index contributed by atoms with van der Waals surface area (Å²) in [5.41, 5.74) is 1.27. The SMILES string of the molecule is CCOC(=O)NC1CCN(c2cc(C3CC3)[nH]n2)CC1. The summed E-state index contributed by atoms with van der Waals surface area (Å²) < 4.78 is 4.91. The highest BCUT2D eigenvalue weighted by Crippen LogP contribution is 2.40. The van der Waals surface area contributed by atoms with E-state index in [0.29, 0.717) is 12.5 Å². The van der Waals surface area contributed by atoms with Crippen LogP contribution in [-0.2, 0) is 4.74 Å². The maximum absolute atomic E-state index is 11.4. The zero-order valence-corrected chi connectivity index (χ0v) is 11.9. The van der Waals surface area contributed by atoms with Crippen LogP contribution in [0.25, 0.3) is 0 Å². The molecule has 0 aromatic carbocycles. The van der Waals surface area contributed by atoms with Gasteiger partial charge in [-0.1, -0.05) is 0 Å². The van der Waals surface area contributed by atoms with Crippen LogP contribution in [0.1, 0.15) is 44.2 Å². The summed E-state index contributed by atoms with van der Waals surface area (Å²) in [6, 6.07) is 2.39. The van der Waals surface area contributed by atoms with E-state index in [1.54, 1.807) is 0 Å². The van der Waals surface area contributed by atoms with Crippen molar-refractivity contribution in [2.75, 3.05) is 24.6 Å². The van der Waals surface area contributed by atoms with Crippen LogP contribution < -0.4 is 10.2 Å². The van der Waals surface area contributed by atoms with E-state index in [2.05, 4.69) is 26.5 Å². The first-order chi connectivity index (χ1) is 9.76. The number of ether oxygens (including phenoxy) is 1. The number of amides is 1. The van der Waals surface area contributed by atoms with Crippen molar-refractivity contribution < 1.29 is 9.53 Å². The van der Waals surface area contributed by atoms with Crippen LogP contribution >= 0.6 is 0 Å². The fourth-order valence-electron chi connectivity index (χ4n) is 2.68. The Morgan fingerprint density at radius 2 is 2.20 bits per heavy atom. The molecule has 6 nitrogen and oxygen atoms in total. The standard InChI is InChI=1S/C14H22N4O2/c1-2-20-14(19)15-11-5-7-18(8-6-11)13-9-12(16-17-13)10-3-4-10/h9-11H,2-8H2,1H3,(H,15,19)(H,16,17). The number of H-pyrrole nitrogens is 1. The molecule has 0 atom stereocenters. The zero-order chi connectivity index (χ0) is 13.9. The van der Waals surface area contributed by atoms with Crippen LogP contribution in [-0.4, -0.2) is 42.0 Å². The number of rotatable bonds is 4. The lowest BCUT2D eigenvalue weighted by Gasteiger charge is -2.32. The number of hydrogen-bond donors (Lipinski definition) is 2. The minimum atomic E-state index is -0.304. The molecular weight excluding hydrogens is 256 g/mol. The van der Waals surface area contributed by atoms with Gasteiger partial charge in [-0.3, -0.25) is 5.10 Å². The molecule has 0 bridgehead atoms. The number of piperidine rings is 1. The van der Waals surface area contributed by atoms with Crippen LogP contribution in [0.4, 0.5) is 10.6 Å². The van der Waals surface area contributed by atoms with E-state index in [4.69, 9.17) is 4.74 Å². The van der Waals surface area contributed by atoms with Gasteiger partial charge in [0, 0.05) is 36.8 Å². The lowest BCUT2D eigenvalue weighted by molar-refractivity contribution is 0.146. The topological polar surface area (TPSA) is 70.2 Å². The van der Waals surface area contributed by atoms with Crippen molar-refractivity contribution in [1.29, 1.82) is 0 Å². The van der Waals surface area contributed by atoms with Crippen LogP contribution in [0, 0.1) is 0 Å². The normalized spacial score (nSPS) is 19.9. The number of anilines is 1. The minimum Gasteiger partial charge on any atom is -0.450 e. The number of carbonyl (C=O) groups excluding carboxylic acids is 1. The van der Waals surface area contributed by atoms with Crippen molar-refractivity contribution in [3.63, 3.8) is 0 Å². The van der Waals surface area contributed by atoms with E-state index in [1.165, 1.54) is 18.5 Å². The van der Waals surface area contributed by atoms with Crippen LogP contribution in [0.2, 0.25) is 0 Å². The molecule has 2 N–H and O–H groups in total. The van der Waals surface area contributed by atoms with Gasteiger partial charge >= 0.3 is 6.09 Å². The number of aromatic nitrogens is 2. The number of hydrogen-bond acceptors (Lipinski definition) is 4. The van der Waals surface area contributed by atoms with Crippen molar-refractivity contribution in [2.24, 2.45) is 0 Å². The Morgan fingerprint density at radius 1 is 1.45 bits per heavy atom. The Morgan fingerprint density at radius 3 is 2.85 bits per heavy atom. The van der Waals surface area contributed by atoms with Gasteiger partial charge in [-0.15, -0.1) is 0 Å². The number of carbonyl (C=O) groups is 1. The molecule has 1 saturated carbocycles. The Labute approximate surface area is 118 Å². The largest absolute Gasteiger partial charge is 0.450 e. The lowest BCUT2D eigenvalue weighted by Crippen LogP contribution is -2.45. The molecule has 110 valence electrons. The summed E-state index contributed by atoms with van der Waals surface area (Å²) >= 11 is 0. The molecule has 2 fully saturated rings. The molecule has 1 aliphatic carbocycles. The monoisotopic (exact) mass is 278 g/mol. The van der Waals surface area contributed by atoms with E-state index in [9.17, 15) is 4.79 Å². The molecule has 1 aromatic rings. The van der Waals surface area contributed by atoms with Crippen LogP contribution in [0.3, 0.4) is 0 Å². The Kier molecular flexibility index (Phi) is 3.80. The van der Waals surface area contributed by atoms with E-state index < -0.39 is 0 Å². The number of aromatic amines is 1. The summed E-state index contributed by atoms with van der Waals surface area (Å²) in [7, 11) is 0. The van der Waals surface area contributed by atoms with Crippen LogP contribution in [0.15, 0.2) is 6.07 Å². The van der Waals surface area contributed by atoms with Gasteiger partial charge in [-0.2, -0.15) is 5.10 Å². The Bertz CT molecular complexity index is 461. The second-order valence-electron chi connectivity index (χ2n) is 5.58. The molecule has 1 saturated heterocycles. The molecule has 3 rings (SSSR count). The molecule has 0 spiro atoms. The Hall–Kier alpha value is -1.72. The average Bonchev–Trinajstić information content (AvgIpc) is 3.18.